The third kappa shape index (κ3) is 7.72. The zero-order valence-corrected chi connectivity index (χ0v) is 21.8. The average Bonchev–Trinajstić information content (AvgIpc) is 3.40. The van der Waals surface area contributed by atoms with E-state index in [-0.39, 0.29) is 29.3 Å². The van der Waals surface area contributed by atoms with Gasteiger partial charge < -0.3 is 20.1 Å². The number of hydrogen-bond donors (Lipinski definition) is 3. The van der Waals surface area contributed by atoms with Crippen molar-refractivity contribution in [2.24, 2.45) is 0 Å². The third-order valence-electron chi connectivity index (χ3n) is 5.26. The Kier molecular flexibility index (Phi) is 10.0. The number of carbonyl (C=O) groups is 2. The number of hydrogen-bond acceptors (Lipinski definition) is 8. The molecule has 1 atom stereocenters. The minimum atomic E-state index is -4.31. The first-order valence-corrected chi connectivity index (χ1v) is 13.9. The second kappa shape index (κ2) is 13.0. The highest BCUT2D eigenvalue weighted by Crippen LogP contribution is 2.30. The monoisotopic (exact) mass is 539 g/mol. The van der Waals surface area contributed by atoms with Gasteiger partial charge in [-0.15, -0.1) is 11.3 Å². The van der Waals surface area contributed by atoms with Crippen LogP contribution >= 0.6 is 24.2 Å². The van der Waals surface area contributed by atoms with Crippen LogP contribution in [-0.4, -0.2) is 57.0 Å². The standard InChI is InChI=1S/C23H29N3O6S3/c1-24-23(28)26(33)35(29,30)21-15-17(7-9-20(21)32-16-18-5-2-3-13-31-18)11-12-25-22(27)10-8-19-6-4-14-34-19/h4,6-10,14-15,18,33H,2-3,5,11-13,16H2,1H3,(H,24,28)(H,25,27)/b10-8+. The van der Waals surface area contributed by atoms with Crippen LogP contribution in [0.3, 0.4) is 0 Å². The van der Waals surface area contributed by atoms with Crippen molar-refractivity contribution in [1.29, 1.82) is 0 Å². The van der Waals surface area contributed by atoms with Gasteiger partial charge in [0, 0.05) is 31.2 Å². The first-order valence-electron chi connectivity index (χ1n) is 11.1. The SMILES string of the molecule is CNC(=O)N(S)S(=O)(=O)c1cc(CCNC(=O)/C=C/c2cccs2)ccc1OCC1CCCCO1. The number of carbonyl (C=O) groups excluding carboxylic acids is 2. The molecule has 0 radical (unpaired) electrons. The van der Waals surface area contributed by atoms with E-state index in [1.807, 2.05) is 17.5 Å². The maximum Gasteiger partial charge on any atom is 0.341 e. The minimum Gasteiger partial charge on any atom is -0.489 e. The highest BCUT2D eigenvalue weighted by Gasteiger charge is 2.30. The largest absolute Gasteiger partial charge is 0.489 e. The Morgan fingerprint density at radius 3 is 2.83 bits per heavy atom. The second-order valence-corrected chi connectivity index (χ2v) is 11.2. The predicted octanol–water partition coefficient (Wildman–Crippen LogP) is 3.24. The smallest absolute Gasteiger partial charge is 0.341 e. The van der Waals surface area contributed by atoms with Crippen molar-refractivity contribution in [3.63, 3.8) is 0 Å². The van der Waals surface area contributed by atoms with Crippen LogP contribution in [0.15, 0.2) is 46.7 Å². The topological polar surface area (TPSA) is 114 Å². The molecule has 1 aliphatic heterocycles. The first-order chi connectivity index (χ1) is 16.8. The summed E-state index contributed by atoms with van der Waals surface area (Å²) in [6.45, 7) is 1.14. The van der Waals surface area contributed by atoms with Gasteiger partial charge in [-0.05, 0) is 73.7 Å². The summed E-state index contributed by atoms with van der Waals surface area (Å²) in [7, 11) is -3.00. The number of urea groups is 1. The van der Waals surface area contributed by atoms with E-state index in [0.29, 0.717) is 28.8 Å². The molecule has 0 saturated carbocycles. The zero-order valence-electron chi connectivity index (χ0n) is 19.3. The lowest BCUT2D eigenvalue weighted by Crippen LogP contribution is -2.36. The number of nitrogens with zero attached hydrogens (tertiary/aromatic N) is 1. The molecular weight excluding hydrogens is 510 g/mol. The van der Waals surface area contributed by atoms with Crippen molar-refractivity contribution in [1.82, 2.24) is 14.3 Å². The number of nitrogens with one attached hydrogen (secondary N) is 2. The molecule has 2 aromatic rings. The van der Waals surface area contributed by atoms with Crippen LogP contribution in [0.5, 0.6) is 5.75 Å². The maximum absolute atomic E-state index is 13.1. The highest BCUT2D eigenvalue weighted by molar-refractivity contribution is 8.00. The van der Waals surface area contributed by atoms with E-state index in [1.165, 1.54) is 30.5 Å². The van der Waals surface area contributed by atoms with Crippen molar-refractivity contribution < 1.29 is 27.5 Å². The normalized spacial score (nSPS) is 16.1. The lowest BCUT2D eigenvalue weighted by Gasteiger charge is -2.24. The van der Waals surface area contributed by atoms with Crippen LogP contribution in [0, 0.1) is 0 Å². The van der Waals surface area contributed by atoms with Crippen LogP contribution in [0.1, 0.15) is 29.7 Å². The van der Waals surface area contributed by atoms with E-state index in [0.717, 1.165) is 24.1 Å². The number of ether oxygens (including phenoxy) is 2. The van der Waals surface area contributed by atoms with Gasteiger partial charge in [0.2, 0.25) is 5.91 Å². The first kappa shape index (κ1) is 27.1. The second-order valence-electron chi connectivity index (χ2n) is 7.77. The molecule has 2 N–H and O–H groups in total. The molecule has 1 fully saturated rings. The molecule has 0 aliphatic carbocycles. The van der Waals surface area contributed by atoms with Crippen molar-refractivity contribution in [3.8, 4) is 5.75 Å². The van der Waals surface area contributed by atoms with Gasteiger partial charge in [-0.3, -0.25) is 4.79 Å². The van der Waals surface area contributed by atoms with Crippen molar-refractivity contribution in [3.05, 3.63) is 52.2 Å². The maximum atomic E-state index is 13.1. The van der Waals surface area contributed by atoms with Crippen LogP contribution in [0.4, 0.5) is 4.79 Å². The summed E-state index contributed by atoms with van der Waals surface area (Å²) in [5, 5.41) is 6.95. The van der Waals surface area contributed by atoms with E-state index in [1.54, 1.807) is 18.2 Å². The fraction of sp³-hybridized carbons (Fsp3) is 0.391. The molecular formula is C23H29N3O6S3. The Balaban J connectivity index is 1.71. The Morgan fingerprint density at radius 2 is 2.14 bits per heavy atom. The number of sulfonamides is 1. The summed E-state index contributed by atoms with van der Waals surface area (Å²) in [6, 6.07) is 7.63. The van der Waals surface area contributed by atoms with E-state index >= 15 is 0 Å². The lowest BCUT2D eigenvalue weighted by atomic mass is 10.1. The van der Waals surface area contributed by atoms with Gasteiger partial charge in [0.25, 0.3) is 10.0 Å². The van der Waals surface area contributed by atoms with Gasteiger partial charge in [-0.25, -0.2) is 4.79 Å². The summed E-state index contributed by atoms with van der Waals surface area (Å²) < 4.78 is 38.1. The van der Waals surface area contributed by atoms with E-state index in [9.17, 15) is 18.0 Å². The molecule has 9 nitrogen and oxygen atoms in total. The molecule has 35 heavy (non-hydrogen) atoms. The summed E-state index contributed by atoms with van der Waals surface area (Å²) in [5.41, 5.74) is 0.644. The van der Waals surface area contributed by atoms with Crippen molar-refractivity contribution in [2.75, 3.05) is 26.8 Å². The molecule has 0 bridgehead atoms. The predicted molar refractivity (Wildman–Crippen MR) is 138 cm³/mol. The minimum absolute atomic E-state index is 0.105. The molecule has 12 heteroatoms. The quantitative estimate of drug-likeness (QED) is 0.316. The Bertz CT molecular complexity index is 1130. The summed E-state index contributed by atoms with van der Waals surface area (Å²) >= 11 is 5.41. The average molecular weight is 540 g/mol. The molecule has 3 amide bonds. The van der Waals surface area contributed by atoms with Crippen LogP contribution in [-0.2, 0) is 26.0 Å². The molecule has 0 spiro atoms. The van der Waals surface area contributed by atoms with Crippen LogP contribution < -0.4 is 15.4 Å². The number of benzene rings is 1. The van der Waals surface area contributed by atoms with Gasteiger partial charge >= 0.3 is 6.03 Å². The Hall–Kier alpha value is -2.54. The molecule has 1 unspecified atom stereocenters. The van der Waals surface area contributed by atoms with Crippen LogP contribution in [0.25, 0.3) is 6.08 Å². The fourth-order valence-electron chi connectivity index (χ4n) is 3.38. The summed E-state index contributed by atoms with van der Waals surface area (Å²) in [5.74, 6) is -0.145. The molecule has 1 aliphatic rings. The molecule has 1 aromatic heterocycles. The summed E-state index contributed by atoms with van der Waals surface area (Å²) in [4.78, 5) is 24.8. The zero-order chi connectivity index (χ0) is 25.3. The van der Waals surface area contributed by atoms with E-state index < -0.39 is 16.1 Å². The number of thiophene rings is 1. The number of amides is 3. The van der Waals surface area contributed by atoms with E-state index in [2.05, 4.69) is 23.4 Å². The van der Waals surface area contributed by atoms with Crippen molar-refractivity contribution in [2.45, 2.75) is 36.7 Å². The van der Waals surface area contributed by atoms with Crippen molar-refractivity contribution >= 4 is 52.2 Å². The van der Waals surface area contributed by atoms with Gasteiger partial charge in [0.05, 0.1) is 6.10 Å². The lowest BCUT2D eigenvalue weighted by molar-refractivity contribution is -0.116. The number of thiol groups is 1. The van der Waals surface area contributed by atoms with Gasteiger partial charge in [-0.1, -0.05) is 12.1 Å². The molecule has 190 valence electrons. The third-order valence-corrected chi connectivity index (χ3v) is 8.42. The van der Waals surface area contributed by atoms with Gasteiger partial charge in [0.15, 0.2) is 0 Å². The molecule has 2 heterocycles. The van der Waals surface area contributed by atoms with Crippen LogP contribution in [0.2, 0.25) is 0 Å². The van der Waals surface area contributed by atoms with Gasteiger partial charge in [-0.2, -0.15) is 12.1 Å². The Morgan fingerprint density at radius 1 is 1.31 bits per heavy atom. The molecule has 1 saturated heterocycles. The van der Waals surface area contributed by atoms with E-state index in [4.69, 9.17) is 9.47 Å². The Labute approximate surface area is 215 Å². The highest BCUT2D eigenvalue weighted by atomic mass is 32.3. The molecule has 3 rings (SSSR count). The molecule has 1 aromatic carbocycles. The number of rotatable bonds is 10. The van der Waals surface area contributed by atoms with Gasteiger partial charge in [0.1, 0.15) is 17.3 Å². The fourth-order valence-corrected chi connectivity index (χ4v) is 5.54. The summed E-state index contributed by atoms with van der Waals surface area (Å²) in [6.07, 6.45) is 6.28.